The number of rotatable bonds is 4. The lowest BCUT2D eigenvalue weighted by molar-refractivity contribution is -0.122. The first-order chi connectivity index (χ1) is 6.13. The first-order valence-corrected chi connectivity index (χ1v) is 5.42. The largest absolute Gasteiger partial charge is 0.312 e. The summed E-state index contributed by atoms with van der Waals surface area (Å²) in [5.41, 5.74) is 0. The molecular weight excluding hydrogens is 162 g/mol. The second-order valence-electron chi connectivity index (χ2n) is 4.35. The minimum absolute atomic E-state index is 0. The van der Waals surface area contributed by atoms with Crippen LogP contribution in [0.1, 0.15) is 47.9 Å². The lowest BCUT2D eigenvalue weighted by Gasteiger charge is -2.15. The van der Waals surface area contributed by atoms with Gasteiger partial charge in [-0.1, -0.05) is 20.8 Å². The number of Topliss-reactive ketones (excluding diaryl/α,β-unsaturated/α-hetero) is 1. The molecule has 0 heterocycles. The molecule has 0 aromatic carbocycles. The lowest BCUT2D eigenvalue weighted by Crippen LogP contribution is -2.33. The van der Waals surface area contributed by atoms with Gasteiger partial charge in [0, 0.05) is 25.8 Å². The fourth-order valence-corrected chi connectivity index (χ4v) is 2.19. The highest BCUT2D eigenvalue weighted by Crippen LogP contribution is 2.27. The molecule has 0 aliphatic heterocycles. The molecule has 0 aromatic rings. The van der Waals surface area contributed by atoms with Gasteiger partial charge >= 0.3 is 0 Å². The standard InChI is InChI=1S/C11H21NO.H2/c1-4-11(13)9-5-6-10(7-9)12-8(2)3;/h8-10,12H,4-7H2,1-3H3;1H/t9-,10+;/m0./s1. The van der Waals surface area contributed by atoms with E-state index in [1.54, 1.807) is 0 Å². The van der Waals surface area contributed by atoms with Crippen molar-refractivity contribution in [3.05, 3.63) is 0 Å². The van der Waals surface area contributed by atoms with Crippen molar-refractivity contribution in [3.63, 3.8) is 0 Å². The summed E-state index contributed by atoms with van der Waals surface area (Å²) in [6.07, 6.45) is 4.04. The van der Waals surface area contributed by atoms with Gasteiger partial charge in [-0.25, -0.2) is 0 Å². The molecule has 0 aromatic heterocycles. The van der Waals surface area contributed by atoms with Crippen molar-refractivity contribution < 1.29 is 6.22 Å². The van der Waals surface area contributed by atoms with Gasteiger partial charge in [-0.05, 0) is 19.3 Å². The fraction of sp³-hybridized carbons (Fsp3) is 0.909. The quantitative estimate of drug-likeness (QED) is 0.728. The average molecular weight is 185 g/mol. The van der Waals surface area contributed by atoms with Crippen molar-refractivity contribution in [2.45, 2.75) is 58.5 Å². The summed E-state index contributed by atoms with van der Waals surface area (Å²) < 4.78 is 0. The third-order valence-corrected chi connectivity index (χ3v) is 2.81. The van der Waals surface area contributed by atoms with Crippen molar-refractivity contribution in [2.75, 3.05) is 0 Å². The van der Waals surface area contributed by atoms with E-state index in [0.29, 0.717) is 30.2 Å². The molecule has 0 spiro atoms. The second-order valence-corrected chi connectivity index (χ2v) is 4.35. The zero-order valence-electron chi connectivity index (χ0n) is 8.97. The van der Waals surface area contributed by atoms with Gasteiger partial charge in [-0.3, -0.25) is 4.79 Å². The molecule has 1 aliphatic rings. The van der Waals surface area contributed by atoms with Crippen molar-refractivity contribution >= 4 is 5.78 Å². The monoisotopic (exact) mass is 185 g/mol. The molecular formula is C11H23NO. The Morgan fingerprint density at radius 2 is 2.23 bits per heavy atom. The molecule has 1 fully saturated rings. The predicted octanol–water partition coefficient (Wildman–Crippen LogP) is 2.38. The Morgan fingerprint density at radius 3 is 2.77 bits per heavy atom. The first-order valence-electron chi connectivity index (χ1n) is 5.42. The summed E-state index contributed by atoms with van der Waals surface area (Å²) in [7, 11) is 0. The Bertz CT molecular complexity index is 182. The van der Waals surface area contributed by atoms with Gasteiger partial charge in [0.2, 0.25) is 0 Å². The zero-order valence-corrected chi connectivity index (χ0v) is 8.97. The molecule has 2 nitrogen and oxygen atoms in total. The van der Waals surface area contributed by atoms with E-state index in [1.807, 2.05) is 6.92 Å². The van der Waals surface area contributed by atoms with E-state index in [-0.39, 0.29) is 1.43 Å². The Balaban J connectivity index is 0.00000169. The highest BCUT2D eigenvalue weighted by atomic mass is 16.1. The summed E-state index contributed by atoms with van der Waals surface area (Å²) in [6.45, 7) is 6.29. The summed E-state index contributed by atoms with van der Waals surface area (Å²) in [4.78, 5) is 11.4. The van der Waals surface area contributed by atoms with Crippen LogP contribution < -0.4 is 5.32 Å². The van der Waals surface area contributed by atoms with Crippen LogP contribution in [0.15, 0.2) is 0 Å². The molecule has 2 atom stereocenters. The molecule has 0 bridgehead atoms. The van der Waals surface area contributed by atoms with E-state index in [9.17, 15) is 4.79 Å². The fourth-order valence-electron chi connectivity index (χ4n) is 2.19. The minimum Gasteiger partial charge on any atom is -0.312 e. The summed E-state index contributed by atoms with van der Waals surface area (Å²) in [5, 5.41) is 3.50. The predicted molar refractivity (Wildman–Crippen MR) is 56.8 cm³/mol. The molecule has 1 N–H and O–H groups in total. The van der Waals surface area contributed by atoms with Crippen molar-refractivity contribution in [3.8, 4) is 0 Å². The highest BCUT2D eigenvalue weighted by Gasteiger charge is 2.28. The van der Waals surface area contributed by atoms with E-state index < -0.39 is 0 Å². The molecule has 0 amide bonds. The molecule has 1 saturated carbocycles. The van der Waals surface area contributed by atoms with Crippen LogP contribution in [0.2, 0.25) is 0 Å². The van der Waals surface area contributed by atoms with Crippen LogP contribution in [0.25, 0.3) is 0 Å². The molecule has 0 unspecified atom stereocenters. The number of ketones is 1. The van der Waals surface area contributed by atoms with Crippen LogP contribution >= 0.6 is 0 Å². The topological polar surface area (TPSA) is 29.1 Å². The Hall–Kier alpha value is -0.370. The zero-order chi connectivity index (χ0) is 9.84. The number of nitrogens with one attached hydrogen (secondary N) is 1. The van der Waals surface area contributed by atoms with E-state index in [2.05, 4.69) is 19.2 Å². The maximum Gasteiger partial charge on any atom is 0.135 e. The van der Waals surface area contributed by atoms with Gasteiger partial charge in [0.05, 0.1) is 0 Å². The molecule has 0 saturated heterocycles. The van der Waals surface area contributed by atoms with Gasteiger partial charge in [-0.15, -0.1) is 0 Å². The van der Waals surface area contributed by atoms with Crippen molar-refractivity contribution in [2.24, 2.45) is 5.92 Å². The van der Waals surface area contributed by atoms with E-state index in [4.69, 9.17) is 0 Å². The van der Waals surface area contributed by atoms with Crippen LogP contribution in [-0.2, 0) is 4.79 Å². The second kappa shape index (κ2) is 4.75. The highest BCUT2D eigenvalue weighted by molar-refractivity contribution is 5.80. The summed E-state index contributed by atoms with van der Waals surface area (Å²) in [5.74, 6) is 0.800. The maximum absolute atomic E-state index is 11.4. The van der Waals surface area contributed by atoms with Crippen LogP contribution in [-0.4, -0.2) is 17.9 Å². The molecule has 0 radical (unpaired) electrons. The Kier molecular flexibility index (Phi) is 3.91. The molecule has 13 heavy (non-hydrogen) atoms. The van der Waals surface area contributed by atoms with Gasteiger partial charge in [0.15, 0.2) is 0 Å². The number of carbonyl (C=O) groups excluding carboxylic acids is 1. The molecule has 1 rings (SSSR count). The van der Waals surface area contributed by atoms with Gasteiger partial charge in [-0.2, -0.15) is 0 Å². The number of carbonyl (C=O) groups is 1. The number of hydrogen-bond donors (Lipinski definition) is 1. The third kappa shape index (κ3) is 3.11. The average Bonchev–Trinajstić information content (AvgIpc) is 2.50. The molecule has 78 valence electrons. The van der Waals surface area contributed by atoms with Crippen LogP contribution in [0.3, 0.4) is 0 Å². The van der Waals surface area contributed by atoms with Crippen LogP contribution in [0.5, 0.6) is 0 Å². The van der Waals surface area contributed by atoms with Gasteiger partial charge in [0.25, 0.3) is 0 Å². The number of hydrogen-bond acceptors (Lipinski definition) is 2. The molecule has 1 aliphatic carbocycles. The van der Waals surface area contributed by atoms with Gasteiger partial charge in [0.1, 0.15) is 5.78 Å². The van der Waals surface area contributed by atoms with E-state index >= 15 is 0 Å². The summed E-state index contributed by atoms with van der Waals surface area (Å²) >= 11 is 0. The smallest absolute Gasteiger partial charge is 0.135 e. The SMILES string of the molecule is CCC(=O)[C@H]1CC[C@@H](NC(C)C)C1.[HH]. The third-order valence-electron chi connectivity index (χ3n) is 2.81. The molecule has 2 heteroatoms. The summed E-state index contributed by atoms with van der Waals surface area (Å²) in [6, 6.07) is 1.13. The van der Waals surface area contributed by atoms with Crippen molar-refractivity contribution in [1.82, 2.24) is 5.32 Å². The van der Waals surface area contributed by atoms with Crippen molar-refractivity contribution in [1.29, 1.82) is 0 Å². The Labute approximate surface area is 82.6 Å². The van der Waals surface area contributed by atoms with Crippen LogP contribution in [0.4, 0.5) is 0 Å². The van der Waals surface area contributed by atoms with Gasteiger partial charge < -0.3 is 5.32 Å². The Morgan fingerprint density at radius 1 is 1.54 bits per heavy atom. The normalized spacial score (nSPS) is 28.3. The van der Waals surface area contributed by atoms with E-state index in [0.717, 1.165) is 12.8 Å². The minimum atomic E-state index is 0. The van der Waals surface area contributed by atoms with E-state index in [1.165, 1.54) is 6.42 Å². The van der Waals surface area contributed by atoms with Crippen LogP contribution in [0, 0.1) is 5.92 Å². The maximum atomic E-state index is 11.4. The first kappa shape index (κ1) is 10.7. The lowest BCUT2D eigenvalue weighted by atomic mass is 10.0.